The van der Waals surface area contributed by atoms with Crippen LogP contribution in [0.2, 0.25) is 0 Å². The lowest BCUT2D eigenvalue weighted by molar-refractivity contribution is -0.127. The number of amides is 2. The topological polar surface area (TPSA) is 58.6 Å². The molecule has 5 nitrogen and oxygen atoms in total. The molecule has 142 valence electrons. The van der Waals surface area contributed by atoms with Crippen LogP contribution in [0.5, 0.6) is 5.75 Å². The molecule has 0 spiro atoms. The zero-order chi connectivity index (χ0) is 19.2. The highest BCUT2D eigenvalue weighted by Crippen LogP contribution is 2.18. The summed E-state index contributed by atoms with van der Waals surface area (Å²) in [6.07, 6.45) is 2.06. The van der Waals surface area contributed by atoms with Gasteiger partial charge in [-0.25, -0.2) is 4.39 Å². The molecule has 0 saturated carbocycles. The molecule has 1 fully saturated rings. The Balaban J connectivity index is 1.49. The Morgan fingerprint density at radius 3 is 2.74 bits per heavy atom. The summed E-state index contributed by atoms with van der Waals surface area (Å²) in [5.74, 6) is -0.850. The van der Waals surface area contributed by atoms with Crippen molar-refractivity contribution in [1.29, 1.82) is 0 Å². The van der Waals surface area contributed by atoms with Gasteiger partial charge in [0.05, 0.1) is 13.2 Å². The van der Waals surface area contributed by atoms with E-state index in [2.05, 4.69) is 17.4 Å². The molecule has 1 N–H and O–H groups in total. The molecule has 1 atom stereocenters. The third-order valence-corrected chi connectivity index (χ3v) is 4.70. The molecule has 0 aromatic heterocycles. The molecular weight excluding hydrogens is 347 g/mol. The van der Waals surface area contributed by atoms with Crippen molar-refractivity contribution in [3.8, 4) is 5.75 Å². The van der Waals surface area contributed by atoms with Crippen LogP contribution in [0.15, 0.2) is 48.5 Å². The van der Waals surface area contributed by atoms with Crippen LogP contribution in [0.3, 0.4) is 0 Å². The van der Waals surface area contributed by atoms with Gasteiger partial charge in [0, 0.05) is 25.1 Å². The summed E-state index contributed by atoms with van der Waals surface area (Å²) in [7, 11) is 1.37. The fourth-order valence-electron chi connectivity index (χ4n) is 3.28. The third kappa shape index (κ3) is 4.84. The van der Waals surface area contributed by atoms with Crippen LogP contribution in [0, 0.1) is 5.82 Å². The maximum Gasteiger partial charge on any atom is 0.251 e. The van der Waals surface area contributed by atoms with Gasteiger partial charge in [0.25, 0.3) is 5.91 Å². The van der Waals surface area contributed by atoms with Gasteiger partial charge >= 0.3 is 0 Å². The quantitative estimate of drug-likeness (QED) is 0.815. The molecule has 1 aliphatic rings. The Labute approximate surface area is 158 Å². The number of likely N-dealkylation sites (tertiary alicyclic amines) is 1. The zero-order valence-corrected chi connectivity index (χ0v) is 15.3. The van der Waals surface area contributed by atoms with E-state index in [9.17, 15) is 14.0 Å². The lowest BCUT2D eigenvalue weighted by Gasteiger charge is -2.17. The molecule has 27 heavy (non-hydrogen) atoms. The summed E-state index contributed by atoms with van der Waals surface area (Å²) in [6.45, 7) is 1.15. The van der Waals surface area contributed by atoms with Crippen molar-refractivity contribution in [3.63, 3.8) is 0 Å². The van der Waals surface area contributed by atoms with Gasteiger partial charge in [-0.15, -0.1) is 0 Å². The number of nitrogens with zero attached hydrogens (tertiary/aromatic N) is 1. The van der Waals surface area contributed by atoms with E-state index in [0.717, 1.165) is 18.9 Å². The number of ether oxygens (including phenoxy) is 1. The smallest absolute Gasteiger partial charge is 0.251 e. The molecule has 1 heterocycles. The van der Waals surface area contributed by atoms with Gasteiger partial charge in [-0.05, 0) is 36.6 Å². The van der Waals surface area contributed by atoms with Gasteiger partial charge in [0.15, 0.2) is 11.6 Å². The molecular formula is C21H23FN2O3. The second-order valence-corrected chi connectivity index (χ2v) is 6.65. The molecule has 2 aromatic rings. The molecule has 1 saturated heterocycles. The van der Waals surface area contributed by atoms with Gasteiger partial charge in [-0.3, -0.25) is 9.59 Å². The highest BCUT2D eigenvalue weighted by Gasteiger charge is 2.30. The van der Waals surface area contributed by atoms with Crippen molar-refractivity contribution in [2.45, 2.75) is 25.3 Å². The summed E-state index contributed by atoms with van der Waals surface area (Å²) in [5.41, 5.74) is 1.46. The van der Waals surface area contributed by atoms with E-state index in [4.69, 9.17) is 4.74 Å². The first-order chi connectivity index (χ1) is 13.1. The average molecular weight is 370 g/mol. The van der Waals surface area contributed by atoms with E-state index in [1.807, 2.05) is 18.2 Å². The molecule has 0 bridgehead atoms. The van der Waals surface area contributed by atoms with Crippen molar-refractivity contribution in [2.24, 2.45) is 0 Å². The number of carbonyl (C=O) groups is 2. The number of benzene rings is 2. The summed E-state index contributed by atoms with van der Waals surface area (Å²) in [5, 5.41) is 2.82. The van der Waals surface area contributed by atoms with Crippen LogP contribution in [-0.4, -0.2) is 43.0 Å². The molecule has 2 amide bonds. The van der Waals surface area contributed by atoms with Crippen molar-refractivity contribution in [1.82, 2.24) is 10.2 Å². The van der Waals surface area contributed by atoms with Crippen LogP contribution in [0.25, 0.3) is 0 Å². The minimum absolute atomic E-state index is 0.0364. The molecule has 0 unspecified atom stereocenters. The summed E-state index contributed by atoms with van der Waals surface area (Å²) < 4.78 is 18.6. The first-order valence-corrected chi connectivity index (χ1v) is 9.03. The number of aryl methyl sites for hydroxylation is 1. The standard InChI is InChI=1S/C21H23FN2O3/c1-27-19-10-9-16(12-18(19)22)21(26)23-17-13-20(25)24(14-17)11-5-8-15-6-3-2-4-7-15/h2-4,6-7,9-10,12,17H,5,8,11,13-14H2,1H3,(H,23,26)/t17-/m0/s1. The Hall–Kier alpha value is -2.89. The number of methoxy groups -OCH3 is 1. The Bertz CT molecular complexity index is 810. The van der Waals surface area contributed by atoms with E-state index in [-0.39, 0.29) is 35.6 Å². The van der Waals surface area contributed by atoms with Gasteiger partial charge < -0.3 is 15.0 Å². The molecule has 1 aliphatic heterocycles. The molecule has 2 aromatic carbocycles. The summed E-state index contributed by atoms with van der Waals surface area (Å²) >= 11 is 0. The number of halogens is 1. The lowest BCUT2D eigenvalue weighted by atomic mass is 10.1. The van der Waals surface area contributed by atoms with Crippen LogP contribution in [0.1, 0.15) is 28.8 Å². The number of hydrogen-bond donors (Lipinski definition) is 1. The van der Waals surface area contributed by atoms with E-state index in [0.29, 0.717) is 13.1 Å². The van der Waals surface area contributed by atoms with E-state index in [1.165, 1.54) is 24.8 Å². The fraction of sp³-hybridized carbons (Fsp3) is 0.333. The average Bonchev–Trinajstić information content (AvgIpc) is 3.01. The zero-order valence-electron chi connectivity index (χ0n) is 15.3. The van der Waals surface area contributed by atoms with E-state index in [1.54, 1.807) is 4.90 Å². The van der Waals surface area contributed by atoms with Crippen molar-refractivity contribution in [3.05, 3.63) is 65.5 Å². The number of hydrogen-bond acceptors (Lipinski definition) is 3. The Morgan fingerprint density at radius 2 is 2.04 bits per heavy atom. The molecule has 3 rings (SSSR count). The van der Waals surface area contributed by atoms with Gasteiger partial charge in [0.2, 0.25) is 5.91 Å². The second kappa shape index (κ2) is 8.66. The predicted molar refractivity (Wildman–Crippen MR) is 100 cm³/mol. The molecule has 0 aliphatic carbocycles. The third-order valence-electron chi connectivity index (χ3n) is 4.70. The highest BCUT2D eigenvalue weighted by molar-refractivity contribution is 5.95. The van der Waals surface area contributed by atoms with Gasteiger partial charge in [-0.2, -0.15) is 0 Å². The normalized spacial score (nSPS) is 16.4. The summed E-state index contributed by atoms with van der Waals surface area (Å²) in [6, 6.07) is 13.9. The minimum Gasteiger partial charge on any atom is -0.494 e. The second-order valence-electron chi connectivity index (χ2n) is 6.65. The van der Waals surface area contributed by atoms with Crippen molar-refractivity contribution in [2.75, 3.05) is 20.2 Å². The predicted octanol–water partition coefficient (Wildman–Crippen LogP) is 2.80. The van der Waals surface area contributed by atoms with Crippen molar-refractivity contribution >= 4 is 11.8 Å². The number of carbonyl (C=O) groups excluding carboxylic acids is 2. The maximum atomic E-state index is 13.8. The molecule has 0 radical (unpaired) electrons. The Morgan fingerprint density at radius 1 is 1.26 bits per heavy atom. The van der Waals surface area contributed by atoms with Crippen LogP contribution in [0.4, 0.5) is 4.39 Å². The monoisotopic (exact) mass is 370 g/mol. The minimum atomic E-state index is -0.588. The first kappa shape index (κ1) is 18.9. The van der Waals surface area contributed by atoms with Crippen molar-refractivity contribution < 1.29 is 18.7 Å². The first-order valence-electron chi connectivity index (χ1n) is 9.03. The fourth-order valence-corrected chi connectivity index (χ4v) is 3.28. The molecule has 6 heteroatoms. The van der Waals surface area contributed by atoms with E-state index < -0.39 is 5.82 Å². The lowest BCUT2D eigenvalue weighted by Crippen LogP contribution is -2.37. The van der Waals surface area contributed by atoms with Crippen LogP contribution >= 0.6 is 0 Å². The number of rotatable bonds is 7. The van der Waals surface area contributed by atoms with E-state index >= 15 is 0 Å². The SMILES string of the molecule is COc1ccc(C(=O)N[C@H]2CC(=O)N(CCCc3ccccc3)C2)cc1F. The Kier molecular flexibility index (Phi) is 6.06. The van der Waals surface area contributed by atoms with Gasteiger partial charge in [0.1, 0.15) is 0 Å². The maximum absolute atomic E-state index is 13.8. The number of nitrogens with one attached hydrogen (secondary N) is 1. The van der Waals surface area contributed by atoms with Gasteiger partial charge in [-0.1, -0.05) is 30.3 Å². The van der Waals surface area contributed by atoms with Crippen LogP contribution in [-0.2, 0) is 11.2 Å². The summed E-state index contributed by atoms with van der Waals surface area (Å²) in [4.78, 5) is 26.3. The largest absolute Gasteiger partial charge is 0.494 e. The van der Waals surface area contributed by atoms with Crippen LogP contribution < -0.4 is 10.1 Å². The highest BCUT2D eigenvalue weighted by atomic mass is 19.1.